The van der Waals surface area contributed by atoms with E-state index in [1.54, 1.807) is 0 Å². The Morgan fingerprint density at radius 2 is 2.05 bits per heavy atom. The molecular weight excluding hydrogens is 256 g/mol. The number of aromatic amines is 1. The summed E-state index contributed by atoms with van der Waals surface area (Å²) in [6, 6.07) is 0.482. The zero-order valence-corrected chi connectivity index (χ0v) is 12.2. The number of hydrogen-bond acceptors (Lipinski definition) is 4. The number of hydrogen-bond donors (Lipinski definition) is 1. The molecule has 1 N–H and O–H groups in total. The van der Waals surface area contributed by atoms with Gasteiger partial charge in [0.25, 0.3) is 5.91 Å². The van der Waals surface area contributed by atoms with E-state index in [1.165, 1.54) is 0 Å². The number of carbonyl (C=O) groups excluding carboxylic acids is 1. The maximum absolute atomic E-state index is 12.6. The van der Waals surface area contributed by atoms with Crippen LogP contribution in [0.2, 0.25) is 0 Å². The van der Waals surface area contributed by atoms with Crippen LogP contribution in [0, 0.1) is 13.8 Å². The van der Waals surface area contributed by atoms with Gasteiger partial charge in [-0.1, -0.05) is 0 Å². The lowest BCUT2D eigenvalue weighted by molar-refractivity contribution is 0.0185. The molecule has 0 saturated carbocycles. The fourth-order valence-corrected chi connectivity index (χ4v) is 3.19. The first-order valence-corrected chi connectivity index (χ1v) is 7.29. The topological polar surface area (TPSA) is 61.5 Å². The van der Waals surface area contributed by atoms with Gasteiger partial charge in [0.1, 0.15) is 0 Å². The molecule has 0 aliphatic carbocycles. The van der Waals surface area contributed by atoms with E-state index in [2.05, 4.69) is 15.1 Å². The Morgan fingerprint density at radius 3 is 2.70 bits per heavy atom. The second kappa shape index (κ2) is 5.54. The van der Waals surface area contributed by atoms with E-state index in [0.29, 0.717) is 6.04 Å². The first kappa shape index (κ1) is 13.6. The van der Waals surface area contributed by atoms with Gasteiger partial charge in [-0.25, -0.2) is 0 Å². The van der Waals surface area contributed by atoms with Gasteiger partial charge in [0.15, 0.2) is 0 Å². The van der Waals surface area contributed by atoms with Gasteiger partial charge in [0, 0.05) is 37.9 Å². The molecule has 2 aliphatic heterocycles. The van der Waals surface area contributed by atoms with Crippen molar-refractivity contribution in [3.63, 3.8) is 0 Å². The summed E-state index contributed by atoms with van der Waals surface area (Å²) in [4.78, 5) is 17.0. The number of aromatic nitrogens is 2. The molecule has 1 aromatic rings. The van der Waals surface area contributed by atoms with Crippen LogP contribution < -0.4 is 0 Å². The van der Waals surface area contributed by atoms with Crippen LogP contribution in [0.3, 0.4) is 0 Å². The highest BCUT2D eigenvalue weighted by molar-refractivity contribution is 5.96. The molecule has 0 radical (unpaired) electrons. The van der Waals surface area contributed by atoms with E-state index in [0.717, 1.165) is 62.8 Å². The fraction of sp³-hybridized carbons (Fsp3) is 0.714. The lowest BCUT2D eigenvalue weighted by atomic mass is 10.2. The number of H-pyrrole nitrogens is 1. The molecule has 6 nitrogen and oxygen atoms in total. The van der Waals surface area contributed by atoms with Gasteiger partial charge in [0.05, 0.1) is 24.5 Å². The molecule has 0 bridgehead atoms. The Balaban J connectivity index is 1.66. The normalized spacial score (nSPS) is 24.3. The average molecular weight is 278 g/mol. The van der Waals surface area contributed by atoms with Crippen LogP contribution in [0.5, 0.6) is 0 Å². The summed E-state index contributed by atoms with van der Waals surface area (Å²) in [5, 5.41) is 7.01. The third kappa shape index (κ3) is 2.45. The molecule has 20 heavy (non-hydrogen) atoms. The van der Waals surface area contributed by atoms with Crippen molar-refractivity contribution in [3.8, 4) is 0 Å². The van der Waals surface area contributed by atoms with Gasteiger partial charge in [-0.3, -0.25) is 14.8 Å². The van der Waals surface area contributed by atoms with Crippen LogP contribution in [-0.4, -0.2) is 71.3 Å². The fourth-order valence-electron chi connectivity index (χ4n) is 3.19. The summed E-state index contributed by atoms with van der Waals surface area (Å²) in [6.45, 7) is 9.03. The van der Waals surface area contributed by atoms with Crippen LogP contribution in [0.15, 0.2) is 0 Å². The number of nitrogens with one attached hydrogen (secondary N) is 1. The Bertz CT molecular complexity index is 474. The third-order valence-electron chi connectivity index (χ3n) is 4.35. The standard InChI is InChI=1S/C14H22N4O2/c1-10-13(11(2)16-15-10)14(19)18-4-3-12(9-18)17-5-7-20-8-6-17/h12H,3-9H2,1-2H3,(H,15,16). The minimum atomic E-state index is 0.115. The van der Waals surface area contributed by atoms with Crippen LogP contribution in [0.1, 0.15) is 28.2 Å². The second-order valence-corrected chi connectivity index (χ2v) is 5.65. The van der Waals surface area contributed by atoms with Crippen molar-refractivity contribution in [2.75, 3.05) is 39.4 Å². The Labute approximate surface area is 119 Å². The smallest absolute Gasteiger partial charge is 0.257 e. The molecule has 0 spiro atoms. The highest BCUT2D eigenvalue weighted by Gasteiger charge is 2.32. The molecule has 2 saturated heterocycles. The van der Waals surface area contributed by atoms with Crippen LogP contribution in [0.25, 0.3) is 0 Å². The molecule has 2 aliphatic rings. The van der Waals surface area contributed by atoms with Crippen LogP contribution in [0.4, 0.5) is 0 Å². The molecule has 1 atom stereocenters. The summed E-state index contributed by atoms with van der Waals surface area (Å²) in [6.07, 6.45) is 1.06. The molecule has 2 fully saturated rings. The summed E-state index contributed by atoms with van der Waals surface area (Å²) in [5.41, 5.74) is 2.40. The van der Waals surface area contributed by atoms with Gasteiger partial charge < -0.3 is 9.64 Å². The Hall–Kier alpha value is -1.40. The van der Waals surface area contributed by atoms with Gasteiger partial charge in [-0.05, 0) is 20.3 Å². The SMILES string of the molecule is Cc1n[nH]c(C)c1C(=O)N1CCC(N2CCOCC2)C1. The average Bonchev–Trinajstić information content (AvgIpc) is 3.07. The number of carbonyl (C=O) groups is 1. The van der Waals surface area contributed by atoms with Crippen molar-refractivity contribution in [1.82, 2.24) is 20.0 Å². The highest BCUT2D eigenvalue weighted by Crippen LogP contribution is 2.21. The number of ether oxygens (including phenoxy) is 1. The number of rotatable bonds is 2. The van der Waals surface area contributed by atoms with E-state index in [-0.39, 0.29) is 5.91 Å². The third-order valence-corrected chi connectivity index (χ3v) is 4.35. The molecule has 1 amide bonds. The van der Waals surface area contributed by atoms with Crippen molar-refractivity contribution in [3.05, 3.63) is 17.0 Å². The van der Waals surface area contributed by atoms with Gasteiger partial charge in [-0.2, -0.15) is 5.10 Å². The summed E-state index contributed by atoms with van der Waals surface area (Å²) >= 11 is 0. The number of likely N-dealkylation sites (tertiary alicyclic amines) is 1. The van der Waals surface area contributed by atoms with Gasteiger partial charge >= 0.3 is 0 Å². The summed E-state index contributed by atoms with van der Waals surface area (Å²) in [7, 11) is 0. The van der Waals surface area contributed by atoms with Crippen molar-refractivity contribution < 1.29 is 9.53 Å². The first-order chi connectivity index (χ1) is 9.66. The molecule has 1 unspecified atom stereocenters. The monoisotopic (exact) mass is 278 g/mol. The van der Waals surface area contributed by atoms with Crippen LogP contribution in [-0.2, 0) is 4.74 Å². The predicted molar refractivity (Wildman–Crippen MR) is 74.8 cm³/mol. The maximum atomic E-state index is 12.6. The van der Waals surface area contributed by atoms with Crippen molar-refractivity contribution in [2.45, 2.75) is 26.3 Å². The minimum absolute atomic E-state index is 0.115. The lowest BCUT2D eigenvalue weighted by Gasteiger charge is -2.32. The van der Waals surface area contributed by atoms with Crippen LogP contribution >= 0.6 is 0 Å². The quantitative estimate of drug-likeness (QED) is 0.859. The van der Waals surface area contributed by atoms with E-state index in [4.69, 9.17) is 4.74 Å². The Kier molecular flexibility index (Phi) is 3.76. The molecule has 110 valence electrons. The Morgan fingerprint density at radius 1 is 1.30 bits per heavy atom. The number of aryl methyl sites for hydroxylation is 2. The molecule has 3 heterocycles. The molecular formula is C14H22N4O2. The summed E-state index contributed by atoms with van der Waals surface area (Å²) < 4.78 is 5.39. The maximum Gasteiger partial charge on any atom is 0.257 e. The van der Waals surface area contributed by atoms with E-state index in [9.17, 15) is 4.79 Å². The minimum Gasteiger partial charge on any atom is -0.379 e. The first-order valence-electron chi connectivity index (χ1n) is 7.29. The van der Waals surface area contributed by atoms with Gasteiger partial charge in [-0.15, -0.1) is 0 Å². The molecule has 3 rings (SSSR count). The van der Waals surface area contributed by atoms with Crippen molar-refractivity contribution in [2.24, 2.45) is 0 Å². The molecule has 0 aromatic carbocycles. The van der Waals surface area contributed by atoms with Gasteiger partial charge in [0.2, 0.25) is 0 Å². The number of nitrogens with zero attached hydrogens (tertiary/aromatic N) is 3. The number of morpholine rings is 1. The molecule has 6 heteroatoms. The highest BCUT2D eigenvalue weighted by atomic mass is 16.5. The summed E-state index contributed by atoms with van der Waals surface area (Å²) in [5.74, 6) is 0.115. The molecule has 1 aromatic heterocycles. The largest absolute Gasteiger partial charge is 0.379 e. The van der Waals surface area contributed by atoms with E-state index >= 15 is 0 Å². The lowest BCUT2D eigenvalue weighted by Crippen LogP contribution is -2.45. The van der Waals surface area contributed by atoms with Crippen molar-refractivity contribution >= 4 is 5.91 Å². The zero-order chi connectivity index (χ0) is 14.1. The zero-order valence-electron chi connectivity index (χ0n) is 12.2. The second-order valence-electron chi connectivity index (χ2n) is 5.65. The number of amides is 1. The van der Waals surface area contributed by atoms with E-state index < -0.39 is 0 Å². The van der Waals surface area contributed by atoms with Crippen molar-refractivity contribution in [1.29, 1.82) is 0 Å². The van der Waals surface area contributed by atoms with E-state index in [1.807, 2.05) is 18.7 Å². The predicted octanol–water partition coefficient (Wildman–Crippen LogP) is 0.573.